The molecule has 3 nitrogen and oxygen atoms in total. The van der Waals surface area contributed by atoms with Gasteiger partial charge in [-0.2, -0.15) is 0 Å². The van der Waals surface area contributed by atoms with Crippen molar-refractivity contribution in [1.82, 2.24) is 4.98 Å². The number of hydrogen-bond donors (Lipinski definition) is 1. The van der Waals surface area contributed by atoms with Crippen LogP contribution in [0.2, 0.25) is 0 Å². The first-order valence-corrected chi connectivity index (χ1v) is 7.76. The molecule has 0 atom stereocenters. The van der Waals surface area contributed by atoms with Gasteiger partial charge in [0.15, 0.2) is 5.13 Å². The van der Waals surface area contributed by atoms with Crippen molar-refractivity contribution in [3.63, 3.8) is 0 Å². The van der Waals surface area contributed by atoms with E-state index in [1.54, 1.807) is 11.3 Å². The molecule has 4 heteroatoms. The molecule has 0 aliphatic rings. The molecule has 2 rings (SSSR count). The van der Waals surface area contributed by atoms with E-state index in [9.17, 15) is 0 Å². The number of nitrogens with zero attached hydrogens (tertiary/aromatic N) is 1. The molecule has 0 unspecified atom stereocenters. The number of ether oxygens (including phenoxy) is 1. The van der Waals surface area contributed by atoms with Gasteiger partial charge in [0.25, 0.3) is 0 Å². The number of anilines is 1. The summed E-state index contributed by atoms with van der Waals surface area (Å²) in [7, 11) is 0. The van der Waals surface area contributed by atoms with E-state index in [1.807, 2.05) is 0 Å². The van der Waals surface area contributed by atoms with Crippen LogP contribution in [0.3, 0.4) is 0 Å². The van der Waals surface area contributed by atoms with Gasteiger partial charge in [0.1, 0.15) is 11.3 Å². The summed E-state index contributed by atoms with van der Waals surface area (Å²) in [6, 6.07) is 2.19. The van der Waals surface area contributed by atoms with Gasteiger partial charge in [-0.25, -0.2) is 4.98 Å². The van der Waals surface area contributed by atoms with Crippen LogP contribution < -0.4 is 10.1 Å². The van der Waals surface area contributed by atoms with E-state index in [-0.39, 0.29) is 0 Å². The first kappa shape index (κ1) is 14.1. The number of hydrogen-bond acceptors (Lipinski definition) is 4. The van der Waals surface area contributed by atoms with Crippen LogP contribution in [0.1, 0.15) is 37.8 Å². The number of rotatable bonds is 6. The third kappa shape index (κ3) is 3.00. The second-order valence-electron chi connectivity index (χ2n) is 4.81. The molecule has 1 heterocycles. The minimum Gasteiger partial charge on any atom is -0.491 e. The van der Waals surface area contributed by atoms with Crippen molar-refractivity contribution >= 4 is 26.7 Å². The second-order valence-corrected chi connectivity index (χ2v) is 5.81. The highest BCUT2D eigenvalue weighted by molar-refractivity contribution is 7.22. The van der Waals surface area contributed by atoms with Gasteiger partial charge in [-0.15, -0.1) is 0 Å². The van der Waals surface area contributed by atoms with Crippen molar-refractivity contribution in [3.8, 4) is 5.75 Å². The lowest BCUT2D eigenvalue weighted by molar-refractivity contribution is 0.318. The Labute approximate surface area is 119 Å². The van der Waals surface area contributed by atoms with E-state index in [4.69, 9.17) is 9.72 Å². The van der Waals surface area contributed by atoms with Gasteiger partial charge in [0, 0.05) is 6.54 Å². The summed E-state index contributed by atoms with van der Waals surface area (Å²) in [5.41, 5.74) is 3.46. The van der Waals surface area contributed by atoms with Gasteiger partial charge >= 0.3 is 0 Å². The van der Waals surface area contributed by atoms with E-state index < -0.39 is 0 Å². The average Bonchev–Trinajstić information content (AvgIpc) is 2.80. The maximum Gasteiger partial charge on any atom is 0.183 e. The minimum atomic E-state index is 0.744. The van der Waals surface area contributed by atoms with Crippen molar-refractivity contribution in [1.29, 1.82) is 0 Å². The monoisotopic (exact) mass is 278 g/mol. The maximum atomic E-state index is 5.89. The molecular weight excluding hydrogens is 256 g/mol. The molecular formula is C15H22N2OS. The van der Waals surface area contributed by atoms with Crippen molar-refractivity contribution in [2.45, 2.75) is 40.5 Å². The molecule has 104 valence electrons. The number of aryl methyl sites for hydroxylation is 2. The Morgan fingerprint density at radius 1 is 1.21 bits per heavy atom. The lowest BCUT2D eigenvalue weighted by Crippen LogP contribution is -2.00. The molecule has 0 fully saturated rings. The number of nitrogens with one attached hydrogen (secondary N) is 1. The van der Waals surface area contributed by atoms with Crippen molar-refractivity contribution in [3.05, 3.63) is 17.2 Å². The Bertz CT molecular complexity index is 563. The van der Waals surface area contributed by atoms with Crippen LogP contribution in [0.25, 0.3) is 10.2 Å². The van der Waals surface area contributed by atoms with Crippen LogP contribution >= 0.6 is 11.3 Å². The average molecular weight is 278 g/mol. The van der Waals surface area contributed by atoms with Crippen LogP contribution in [0.4, 0.5) is 5.13 Å². The predicted molar refractivity (Wildman–Crippen MR) is 83.7 cm³/mol. The van der Waals surface area contributed by atoms with E-state index in [0.717, 1.165) is 42.4 Å². The van der Waals surface area contributed by atoms with Crippen LogP contribution in [-0.4, -0.2) is 18.1 Å². The van der Waals surface area contributed by atoms with E-state index in [2.05, 4.69) is 39.1 Å². The Kier molecular flexibility index (Phi) is 4.64. The first-order valence-electron chi connectivity index (χ1n) is 6.94. The van der Waals surface area contributed by atoms with Gasteiger partial charge in [0.2, 0.25) is 0 Å². The van der Waals surface area contributed by atoms with Crippen LogP contribution in [0, 0.1) is 13.8 Å². The summed E-state index contributed by atoms with van der Waals surface area (Å²) >= 11 is 1.72. The van der Waals surface area contributed by atoms with Crippen molar-refractivity contribution < 1.29 is 4.74 Å². The zero-order valence-electron chi connectivity index (χ0n) is 12.2. The normalized spacial score (nSPS) is 10.9. The van der Waals surface area contributed by atoms with Gasteiger partial charge in [-0.3, -0.25) is 0 Å². The van der Waals surface area contributed by atoms with E-state index >= 15 is 0 Å². The first-order chi connectivity index (χ1) is 9.17. The smallest absolute Gasteiger partial charge is 0.183 e. The molecule has 0 saturated heterocycles. The molecule has 2 aromatic rings. The Hall–Kier alpha value is -1.29. The number of benzene rings is 1. The predicted octanol–water partition coefficient (Wildman–Crippen LogP) is 4.52. The molecule has 0 radical (unpaired) electrons. The zero-order valence-corrected chi connectivity index (χ0v) is 13.0. The van der Waals surface area contributed by atoms with Gasteiger partial charge in [0.05, 0.1) is 11.3 Å². The second kappa shape index (κ2) is 6.24. The minimum absolute atomic E-state index is 0.744. The highest BCUT2D eigenvalue weighted by Crippen LogP contribution is 2.37. The topological polar surface area (TPSA) is 34.2 Å². The molecule has 0 saturated carbocycles. The van der Waals surface area contributed by atoms with Crippen LogP contribution in [0.5, 0.6) is 5.75 Å². The number of fused-ring (bicyclic) bond motifs is 1. The number of thiazole rings is 1. The maximum absolute atomic E-state index is 5.89. The Morgan fingerprint density at radius 2 is 2.00 bits per heavy atom. The molecule has 0 spiro atoms. The fourth-order valence-corrected chi connectivity index (χ4v) is 3.04. The van der Waals surface area contributed by atoms with Gasteiger partial charge in [-0.1, -0.05) is 31.3 Å². The van der Waals surface area contributed by atoms with Gasteiger partial charge < -0.3 is 10.1 Å². The summed E-state index contributed by atoms with van der Waals surface area (Å²) < 4.78 is 7.12. The summed E-state index contributed by atoms with van der Waals surface area (Å²) in [6.07, 6.45) is 2.12. The van der Waals surface area contributed by atoms with E-state index in [1.165, 1.54) is 15.8 Å². The third-order valence-corrected chi connectivity index (χ3v) is 4.12. The molecule has 1 aromatic heterocycles. The number of aromatic nitrogens is 1. The highest BCUT2D eigenvalue weighted by atomic mass is 32.1. The summed E-state index contributed by atoms with van der Waals surface area (Å²) in [4.78, 5) is 4.71. The fourth-order valence-electron chi connectivity index (χ4n) is 2.08. The Morgan fingerprint density at radius 3 is 2.68 bits per heavy atom. The molecule has 1 N–H and O–H groups in total. The van der Waals surface area contributed by atoms with Crippen molar-refractivity contribution in [2.24, 2.45) is 0 Å². The summed E-state index contributed by atoms with van der Waals surface area (Å²) in [6.45, 7) is 10.2. The lowest BCUT2D eigenvalue weighted by atomic mass is 10.1. The fraction of sp³-hybridized carbons (Fsp3) is 0.533. The standard InChI is InChI=1S/C15H22N2OS/c1-5-7-16-15-17-12-13(18-8-6-2)10(3)9-11(4)14(12)19-15/h9H,5-8H2,1-4H3,(H,16,17). The largest absolute Gasteiger partial charge is 0.491 e. The molecule has 0 aliphatic heterocycles. The van der Waals surface area contributed by atoms with Crippen LogP contribution in [0.15, 0.2) is 6.07 Å². The molecule has 0 aliphatic carbocycles. The molecule has 19 heavy (non-hydrogen) atoms. The SMILES string of the molecule is CCCNc1nc2c(OCCC)c(C)cc(C)c2s1. The lowest BCUT2D eigenvalue weighted by Gasteiger charge is -2.09. The summed E-state index contributed by atoms with van der Waals surface area (Å²) in [5, 5.41) is 4.36. The van der Waals surface area contributed by atoms with Gasteiger partial charge in [-0.05, 0) is 37.8 Å². The zero-order chi connectivity index (χ0) is 13.8. The van der Waals surface area contributed by atoms with Crippen LogP contribution in [-0.2, 0) is 0 Å². The van der Waals surface area contributed by atoms with Crippen molar-refractivity contribution in [2.75, 3.05) is 18.5 Å². The quantitative estimate of drug-likeness (QED) is 0.843. The summed E-state index contributed by atoms with van der Waals surface area (Å²) in [5.74, 6) is 0.947. The highest BCUT2D eigenvalue weighted by Gasteiger charge is 2.14. The molecule has 0 bridgehead atoms. The van der Waals surface area contributed by atoms with E-state index in [0.29, 0.717) is 0 Å². The Balaban J connectivity index is 2.44. The third-order valence-electron chi connectivity index (χ3n) is 2.97. The molecule has 0 amide bonds. The molecule has 1 aromatic carbocycles.